The van der Waals surface area contributed by atoms with Crippen LogP contribution in [0, 0.1) is 12.7 Å². The van der Waals surface area contributed by atoms with Crippen LogP contribution in [0.1, 0.15) is 29.8 Å². The summed E-state index contributed by atoms with van der Waals surface area (Å²) >= 11 is 0. The second-order valence-corrected chi connectivity index (χ2v) is 3.59. The van der Waals surface area contributed by atoms with Crippen molar-refractivity contribution in [2.45, 2.75) is 27.1 Å². The van der Waals surface area contributed by atoms with Gasteiger partial charge in [-0.1, -0.05) is 11.6 Å². The van der Waals surface area contributed by atoms with E-state index in [2.05, 4.69) is 0 Å². The normalized spacial score (nSPS) is 10.9. The number of halogens is 1. The van der Waals surface area contributed by atoms with Crippen molar-refractivity contribution in [1.29, 1.82) is 0 Å². The Morgan fingerprint density at radius 2 is 1.88 bits per heavy atom. The molecule has 0 spiro atoms. The second-order valence-electron chi connectivity index (χ2n) is 3.59. The first-order valence-electron chi connectivity index (χ1n) is 5.63. The molecule has 0 N–H and O–H groups in total. The highest BCUT2D eigenvalue weighted by Crippen LogP contribution is 2.14. The Labute approximate surface area is 101 Å². The Balaban J connectivity index is 2.95. The monoisotopic (exact) mass is 240 g/mol. The van der Waals surface area contributed by atoms with E-state index in [0.717, 1.165) is 5.56 Å². The standard InChI is InChI=1S/C13H17FO3/c1-4-16-13(17-5-2)12(15)10-8-9(3)6-7-11(10)14/h6-8,13H,4-5H2,1-3H3. The lowest BCUT2D eigenvalue weighted by Gasteiger charge is -2.16. The molecule has 0 saturated heterocycles. The van der Waals surface area contributed by atoms with Gasteiger partial charge < -0.3 is 9.47 Å². The van der Waals surface area contributed by atoms with E-state index in [1.54, 1.807) is 26.8 Å². The van der Waals surface area contributed by atoms with E-state index >= 15 is 0 Å². The number of aryl methyl sites for hydroxylation is 1. The summed E-state index contributed by atoms with van der Waals surface area (Å²) in [6, 6.07) is 4.39. The third-order valence-electron chi connectivity index (χ3n) is 2.24. The van der Waals surface area contributed by atoms with Crippen LogP contribution in [0.15, 0.2) is 18.2 Å². The van der Waals surface area contributed by atoms with Crippen molar-refractivity contribution in [3.63, 3.8) is 0 Å². The molecule has 0 radical (unpaired) electrons. The summed E-state index contributed by atoms with van der Waals surface area (Å²) in [6.07, 6.45) is -1.03. The molecule has 17 heavy (non-hydrogen) atoms. The summed E-state index contributed by atoms with van der Waals surface area (Å²) in [7, 11) is 0. The van der Waals surface area contributed by atoms with Gasteiger partial charge in [0.2, 0.25) is 12.1 Å². The Hall–Kier alpha value is -1.26. The fourth-order valence-electron chi connectivity index (χ4n) is 1.46. The Bertz CT molecular complexity index is 384. The predicted octanol–water partition coefficient (Wildman–Crippen LogP) is 2.72. The van der Waals surface area contributed by atoms with Gasteiger partial charge in [-0.25, -0.2) is 4.39 Å². The molecule has 0 aliphatic carbocycles. The van der Waals surface area contributed by atoms with E-state index < -0.39 is 17.9 Å². The average Bonchev–Trinajstić information content (AvgIpc) is 2.31. The Kier molecular flexibility index (Phi) is 5.25. The van der Waals surface area contributed by atoms with Crippen molar-refractivity contribution in [1.82, 2.24) is 0 Å². The highest BCUT2D eigenvalue weighted by atomic mass is 19.1. The van der Waals surface area contributed by atoms with Gasteiger partial charge in [0.15, 0.2) is 0 Å². The molecule has 1 aromatic rings. The number of carbonyl (C=O) groups excluding carboxylic acids is 1. The minimum atomic E-state index is -1.03. The van der Waals surface area contributed by atoms with Gasteiger partial charge in [-0.05, 0) is 32.9 Å². The summed E-state index contributed by atoms with van der Waals surface area (Å²) in [5.41, 5.74) is 0.832. The van der Waals surface area contributed by atoms with Crippen molar-refractivity contribution in [2.75, 3.05) is 13.2 Å². The highest BCUT2D eigenvalue weighted by Gasteiger charge is 2.23. The van der Waals surface area contributed by atoms with E-state index in [1.807, 2.05) is 0 Å². The summed E-state index contributed by atoms with van der Waals surface area (Å²) in [5.74, 6) is -1.03. The lowest BCUT2D eigenvalue weighted by molar-refractivity contribution is -0.107. The van der Waals surface area contributed by atoms with Crippen molar-refractivity contribution in [3.8, 4) is 0 Å². The third kappa shape index (κ3) is 3.61. The first-order chi connectivity index (χ1) is 8.10. The zero-order valence-electron chi connectivity index (χ0n) is 10.3. The molecular formula is C13H17FO3. The molecule has 4 heteroatoms. The van der Waals surface area contributed by atoms with Crippen LogP contribution in [-0.2, 0) is 9.47 Å². The van der Waals surface area contributed by atoms with Crippen LogP contribution in [0.4, 0.5) is 4.39 Å². The minimum absolute atomic E-state index is 0.0110. The molecule has 3 nitrogen and oxygen atoms in total. The van der Waals surface area contributed by atoms with Crippen LogP contribution >= 0.6 is 0 Å². The quantitative estimate of drug-likeness (QED) is 0.566. The topological polar surface area (TPSA) is 35.5 Å². The van der Waals surface area contributed by atoms with Crippen LogP contribution in [0.3, 0.4) is 0 Å². The number of rotatable bonds is 6. The average molecular weight is 240 g/mol. The van der Waals surface area contributed by atoms with Crippen LogP contribution in [-0.4, -0.2) is 25.3 Å². The van der Waals surface area contributed by atoms with Gasteiger partial charge in [0, 0.05) is 13.2 Å². The molecule has 0 bridgehead atoms. The zero-order valence-corrected chi connectivity index (χ0v) is 10.3. The van der Waals surface area contributed by atoms with Crippen molar-refractivity contribution < 1.29 is 18.7 Å². The Morgan fingerprint density at radius 3 is 2.41 bits per heavy atom. The van der Waals surface area contributed by atoms with Gasteiger partial charge in [-0.2, -0.15) is 0 Å². The van der Waals surface area contributed by atoms with E-state index in [4.69, 9.17) is 9.47 Å². The number of hydrogen-bond acceptors (Lipinski definition) is 3. The lowest BCUT2D eigenvalue weighted by Crippen LogP contribution is -2.28. The van der Waals surface area contributed by atoms with Crippen molar-refractivity contribution in [3.05, 3.63) is 35.1 Å². The van der Waals surface area contributed by atoms with Crippen molar-refractivity contribution >= 4 is 5.78 Å². The number of hydrogen-bond donors (Lipinski definition) is 0. The van der Waals surface area contributed by atoms with Crippen LogP contribution in [0.2, 0.25) is 0 Å². The summed E-state index contributed by atoms with van der Waals surface area (Å²) in [5, 5.41) is 0. The van der Waals surface area contributed by atoms with Gasteiger partial charge in [-0.15, -0.1) is 0 Å². The number of benzene rings is 1. The molecular weight excluding hydrogens is 223 g/mol. The van der Waals surface area contributed by atoms with Crippen LogP contribution < -0.4 is 0 Å². The largest absolute Gasteiger partial charge is 0.346 e. The summed E-state index contributed by atoms with van der Waals surface area (Å²) < 4.78 is 23.8. The molecule has 0 aromatic heterocycles. The smallest absolute Gasteiger partial charge is 0.222 e. The van der Waals surface area contributed by atoms with Gasteiger partial charge in [-0.3, -0.25) is 4.79 Å². The molecule has 1 rings (SSSR count). The maximum Gasteiger partial charge on any atom is 0.222 e. The maximum absolute atomic E-state index is 13.5. The number of ether oxygens (including phenoxy) is 2. The molecule has 0 fully saturated rings. The third-order valence-corrected chi connectivity index (χ3v) is 2.24. The number of Topliss-reactive ketones (excluding diaryl/α,β-unsaturated/α-hetero) is 1. The van der Waals surface area contributed by atoms with E-state index in [0.29, 0.717) is 13.2 Å². The fraction of sp³-hybridized carbons (Fsp3) is 0.462. The van der Waals surface area contributed by atoms with Gasteiger partial charge in [0.1, 0.15) is 5.82 Å². The summed E-state index contributed by atoms with van der Waals surface area (Å²) in [6.45, 7) is 5.98. The molecule has 0 aliphatic heterocycles. The molecule has 0 atom stereocenters. The molecule has 0 unspecified atom stereocenters. The van der Waals surface area contributed by atoms with Crippen LogP contribution in [0.25, 0.3) is 0 Å². The summed E-state index contributed by atoms with van der Waals surface area (Å²) in [4.78, 5) is 12.0. The fourth-order valence-corrected chi connectivity index (χ4v) is 1.46. The van der Waals surface area contributed by atoms with Gasteiger partial charge in [0.25, 0.3) is 0 Å². The molecule has 1 aromatic carbocycles. The maximum atomic E-state index is 13.5. The molecule has 0 saturated carbocycles. The first kappa shape index (κ1) is 13.8. The second kappa shape index (κ2) is 6.47. The first-order valence-corrected chi connectivity index (χ1v) is 5.63. The number of ketones is 1. The molecule has 0 amide bonds. The molecule has 94 valence electrons. The Morgan fingerprint density at radius 1 is 1.29 bits per heavy atom. The van der Waals surface area contributed by atoms with E-state index in [1.165, 1.54) is 12.1 Å². The molecule has 0 aliphatic rings. The predicted molar refractivity (Wildman–Crippen MR) is 62.5 cm³/mol. The van der Waals surface area contributed by atoms with Crippen molar-refractivity contribution in [2.24, 2.45) is 0 Å². The zero-order chi connectivity index (χ0) is 12.8. The van der Waals surface area contributed by atoms with Gasteiger partial charge in [0.05, 0.1) is 5.56 Å². The SMILES string of the molecule is CCOC(OCC)C(=O)c1cc(C)ccc1F. The number of carbonyl (C=O) groups is 1. The van der Waals surface area contributed by atoms with E-state index in [9.17, 15) is 9.18 Å². The molecule has 0 heterocycles. The van der Waals surface area contributed by atoms with Crippen LogP contribution in [0.5, 0.6) is 0 Å². The minimum Gasteiger partial charge on any atom is -0.346 e. The van der Waals surface area contributed by atoms with Gasteiger partial charge >= 0.3 is 0 Å². The highest BCUT2D eigenvalue weighted by molar-refractivity contribution is 5.99. The van der Waals surface area contributed by atoms with E-state index in [-0.39, 0.29) is 5.56 Å². The lowest BCUT2D eigenvalue weighted by atomic mass is 10.1.